The number of rotatable bonds is 8. The number of allylic oxidation sites excluding steroid dienone is 1. The number of amides is 1. The van der Waals surface area contributed by atoms with Crippen molar-refractivity contribution in [1.29, 1.82) is 0 Å². The number of carbonyl (C=O) groups excluding carboxylic acids is 1. The van der Waals surface area contributed by atoms with Gasteiger partial charge in [0.15, 0.2) is 16.7 Å². The summed E-state index contributed by atoms with van der Waals surface area (Å²) in [5.74, 6) is 3.48. The van der Waals surface area contributed by atoms with Gasteiger partial charge in [0.2, 0.25) is 0 Å². The Morgan fingerprint density at radius 2 is 2.03 bits per heavy atom. The van der Waals surface area contributed by atoms with Crippen molar-refractivity contribution in [3.05, 3.63) is 70.6 Å². The van der Waals surface area contributed by atoms with E-state index in [0.29, 0.717) is 34.6 Å². The van der Waals surface area contributed by atoms with Crippen LogP contribution in [0.15, 0.2) is 59.0 Å². The van der Waals surface area contributed by atoms with Crippen molar-refractivity contribution in [2.24, 2.45) is 4.99 Å². The Morgan fingerprint density at radius 3 is 2.71 bits per heavy atom. The molecule has 1 fully saturated rings. The maximum Gasteiger partial charge on any atom is 0.264 e. The third kappa shape index (κ3) is 5.80. The van der Waals surface area contributed by atoms with Gasteiger partial charge in [0.05, 0.1) is 17.2 Å². The zero-order valence-electron chi connectivity index (χ0n) is 17.6. The monoisotopic (exact) mass is 432 g/mol. The van der Waals surface area contributed by atoms with Crippen LogP contribution < -0.4 is 14.8 Å². The van der Waals surface area contributed by atoms with E-state index in [9.17, 15) is 4.79 Å². The quantitative estimate of drug-likeness (QED) is 0.361. The lowest BCUT2D eigenvalue weighted by atomic mass is 10.0. The zero-order chi connectivity index (χ0) is 22.2. The number of amidine groups is 1. The molecular weight excluding hydrogens is 408 g/mol. The zero-order valence-corrected chi connectivity index (χ0v) is 18.4. The van der Waals surface area contributed by atoms with Crippen LogP contribution in [0, 0.1) is 19.3 Å². The number of nitrogens with zero attached hydrogens (tertiary/aromatic N) is 1. The minimum Gasteiger partial charge on any atom is -0.490 e. The van der Waals surface area contributed by atoms with Crippen LogP contribution in [0.1, 0.15) is 23.6 Å². The standard InChI is InChI=1S/C25H24N2O3S/c1-5-8-19-14-18(15-21(29-7-3)23(19)30-13-6-2)16-22-24(28)27-25(31-22)26-20-11-9-17(4)10-12-20/h2,5,9-12,14-16H,1,7-8,13H2,3-4H3,(H,26,27,28)/b22-16+. The smallest absolute Gasteiger partial charge is 0.264 e. The summed E-state index contributed by atoms with van der Waals surface area (Å²) < 4.78 is 11.5. The molecule has 1 aliphatic heterocycles. The van der Waals surface area contributed by atoms with Gasteiger partial charge in [-0.1, -0.05) is 29.7 Å². The Bertz CT molecular complexity index is 1080. The van der Waals surface area contributed by atoms with Gasteiger partial charge in [-0.2, -0.15) is 0 Å². The predicted octanol–water partition coefficient (Wildman–Crippen LogP) is 5.03. The van der Waals surface area contributed by atoms with Gasteiger partial charge in [-0.3, -0.25) is 4.79 Å². The van der Waals surface area contributed by atoms with Crippen molar-refractivity contribution in [1.82, 2.24) is 5.32 Å². The number of benzene rings is 2. The minimum absolute atomic E-state index is 0.141. The molecular formula is C25H24N2O3S. The van der Waals surface area contributed by atoms with Crippen LogP contribution in [0.3, 0.4) is 0 Å². The van der Waals surface area contributed by atoms with E-state index in [4.69, 9.17) is 15.9 Å². The molecule has 1 amide bonds. The fourth-order valence-electron chi connectivity index (χ4n) is 2.98. The number of carbonyl (C=O) groups is 1. The molecule has 0 radical (unpaired) electrons. The van der Waals surface area contributed by atoms with Crippen molar-refractivity contribution >= 4 is 34.6 Å². The summed E-state index contributed by atoms with van der Waals surface area (Å²) in [5, 5.41) is 3.36. The van der Waals surface area contributed by atoms with Gasteiger partial charge in [-0.05, 0) is 67.9 Å². The maximum atomic E-state index is 12.5. The molecule has 2 aromatic carbocycles. The van der Waals surface area contributed by atoms with Crippen LogP contribution in [0.4, 0.5) is 5.69 Å². The van der Waals surface area contributed by atoms with Crippen molar-refractivity contribution < 1.29 is 14.3 Å². The molecule has 0 atom stereocenters. The Hall–Kier alpha value is -3.43. The van der Waals surface area contributed by atoms with Crippen LogP contribution in [0.25, 0.3) is 6.08 Å². The molecule has 0 aliphatic carbocycles. The SMILES string of the molecule is C#CCOc1c(CC=C)cc(/C=C2/SC(=Nc3ccc(C)cc3)NC2=O)cc1OCC. The fourth-order valence-corrected chi connectivity index (χ4v) is 3.82. The fraction of sp³-hybridized carbons (Fsp3) is 0.200. The average Bonchev–Trinajstić information content (AvgIpc) is 3.08. The molecule has 0 saturated carbocycles. The van der Waals surface area contributed by atoms with Crippen molar-refractivity contribution in [2.45, 2.75) is 20.3 Å². The first-order valence-electron chi connectivity index (χ1n) is 9.87. The molecule has 0 aromatic heterocycles. The highest BCUT2D eigenvalue weighted by Crippen LogP contribution is 2.36. The molecule has 6 heteroatoms. The second kappa shape index (κ2) is 10.6. The summed E-state index contributed by atoms with van der Waals surface area (Å²) in [6, 6.07) is 11.6. The number of thioether (sulfide) groups is 1. The molecule has 0 bridgehead atoms. The van der Waals surface area contributed by atoms with E-state index < -0.39 is 0 Å². The maximum absolute atomic E-state index is 12.5. The lowest BCUT2D eigenvalue weighted by Crippen LogP contribution is -2.19. The van der Waals surface area contributed by atoms with Gasteiger partial charge < -0.3 is 14.8 Å². The first-order chi connectivity index (χ1) is 15.0. The van der Waals surface area contributed by atoms with E-state index in [2.05, 4.69) is 22.8 Å². The lowest BCUT2D eigenvalue weighted by Gasteiger charge is -2.15. The third-order valence-corrected chi connectivity index (χ3v) is 5.24. The van der Waals surface area contributed by atoms with Gasteiger partial charge in [-0.15, -0.1) is 13.0 Å². The van der Waals surface area contributed by atoms with E-state index in [1.165, 1.54) is 11.8 Å². The Balaban J connectivity index is 1.92. The van der Waals surface area contributed by atoms with Crippen LogP contribution in [-0.2, 0) is 11.2 Å². The van der Waals surface area contributed by atoms with Crippen LogP contribution in [0.2, 0.25) is 0 Å². The lowest BCUT2D eigenvalue weighted by molar-refractivity contribution is -0.115. The number of nitrogens with one attached hydrogen (secondary N) is 1. The van der Waals surface area contributed by atoms with Gasteiger partial charge in [-0.25, -0.2) is 4.99 Å². The van der Waals surface area contributed by atoms with E-state index in [1.54, 1.807) is 6.08 Å². The molecule has 1 saturated heterocycles. The first kappa shape index (κ1) is 22.3. The third-order valence-electron chi connectivity index (χ3n) is 4.33. The average molecular weight is 433 g/mol. The van der Waals surface area contributed by atoms with Gasteiger partial charge in [0.1, 0.15) is 6.61 Å². The Kier molecular flexibility index (Phi) is 7.58. The molecule has 5 nitrogen and oxygen atoms in total. The number of terminal acetylenes is 1. The van der Waals surface area contributed by atoms with E-state index in [1.807, 2.05) is 56.3 Å². The predicted molar refractivity (Wildman–Crippen MR) is 128 cm³/mol. The summed E-state index contributed by atoms with van der Waals surface area (Å²) in [6.07, 6.45) is 9.53. The highest BCUT2D eigenvalue weighted by molar-refractivity contribution is 8.18. The van der Waals surface area contributed by atoms with E-state index in [-0.39, 0.29) is 12.5 Å². The Labute approximate surface area is 187 Å². The molecule has 0 spiro atoms. The number of hydrogen-bond acceptors (Lipinski definition) is 5. The molecule has 2 aromatic rings. The second-order valence-electron chi connectivity index (χ2n) is 6.74. The largest absolute Gasteiger partial charge is 0.490 e. The molecule has 0 unspecified atom stereocenters. The molecule has 1 heterocycles. The van der Waals surface area contributed by atoms with Crippen LogP contribution in [-0.4, -0.2) is 24.3 Å². The van der Waals surface area contributed by atoms with Crippen molar-refractivity contribution in [2.75, 3.05) is 13.2 Å². The second-order valence-corrected chi connectivity index (χ2v) is 7.77. The van der Waals surface area contributed by atoms with E-state index in [0.717, 1.165) is 22.4 Å². The summed E-state index contributed by atoms with van der Waals surface area (Å²) in [5.41, 5.74) is 3.65. The number of ether oxygens (including phenoxy) is 2. The van der Waals surface area contributed by atoms with Gasteiger partial charge in [0, 0.05) is 5.56 Å². The van der Waals surface area contributed by atoms with Crippen molar-refractivity contribution in [3.8, 4) is 23.8 Å². The highest BCUT2D eigenvalue weighted by Gasteiger charge is 2.24. The molecule has 31 heavy (non-hydrogen) atoms. The highest BCUT2D eigenvalue weighted by atomic mass is 32.2. The number of aryl methyl sites for hydroxylation is 1. The molecule has 1 aliphatic rings. The molecule has 3 rings (SSSR count). The summed E-state index contributed by atoms with van der Waals surface area (Å²) in [6.45, 7) is 8.35. The molecule has 158 valence electrons. The number of hydrogen-bond donors (Lipinski definition) is 1. The van der Waals surface area contributed by atoms with Gasteiger partial charge >= 0.3 is 0 Å². The normalized spacial score (nSPS) is 15.6. The molecule has 1 N–H and O–H groups in total. The first-order valence-corrected chi connectivity index (χ1v) is 10.7. The topological polar surface area (TPSA) is 59.9 Å². The van der Waals surface area contributed by atoms with Crippen LogP contribution >= 0.6 is 11.8 Å². The Morgan fingerprint density at radius 1 is 1.26 bits per heavy atom. The number of aliphatic imine (C=N–C) groups is 1. The summed E-state index contributed by atoms with van der Waals surface area (Å²) in [4.78, 5) is 17.6. The summed E-state index contributed by atoms with van der Waals surface area (Å²) in [7, 11) is 0. The van der Waals surface area contributed by atoms with Gasteiger partial charge in [0.25, 0.3) is 5.91 Å². The minimum atomic E-state index is -0.188. The van der Waals surface area contributed by atoms with E-state index >= 15 is 0 Å². The van der Waals surface area contributed by atoms with Crippen LogP contribution in [0.5, 0.6) is 11.5 Å². The summed E-state index contributed by atoms with van der Waals surface area (Å²) >= 11 is 1.30. The van der Waals surface area contributed by atoms with Crippen molar-refractivity contribution in [3.63, 3.8) is 0 Å².